The number of ether oxygens (including phenoxy) is 2. The Labute approximate surface area is 226 Å². The molecule has 0 aromatic carbocycles. The van der Waals surface area contributed by atoms with Crippen molar-refractivity contribution in [2.24, 2.45) is 52.3 Å². The van der Waals surface area contributed by atoms with Crippen LogP contribution in [0.4, 0.5) is 0 Å². The van der Waals surface area contributed by atoms with Gasteiger partial charge in [-0.05, 0) is 110 Å². The maximum absolute atomic E-state index is 12.0. The van der Waals surface area contributed by atoms with Gasteiger partial charge in [-0.15, -0.1) is 0 Å². The van der Waals surface area contributed by atoms with E-state index in [9.17, 15) is 9.59 Å². The van der Waals surface area contributed by atoms with Crippen LogP contribution in [-0.2, 0) is 19.1 Å². The quantitative estimate of drug-likeness (QED) is 0.242. The Morgan fingerprint density at radius 1 is 1.00 bits per heavy atom. The van der Waals surface area contributed by atoms with Gasteiger partial charge in [0.25, 0.3) is 0 Å². The molecule has 4 aliphatic rings. The molecule has 9 unspecified atom stereocenters. The van der Waals surface area contributed by atoms with Gasteiger partial charge in [0.1, 0.15) is 12.2 Å². The van der Waals surface area contributed by atoms with Gasteiger partial charge in [0.05, 0.1) is 0 Å². The van der Waals surface area contributed by atoms with Gasteiger partial charge in [0.2, 0.25) is 0 Å². The molecule has 0 saturated heterocycles. The molecule has 0 aromatic rings. The molecule has 0 heterocycles. The highest BCUT2D eigenvalue weighted by Gasteiger charge is 2.59. The van der Waals surface area contributed by atoms with Crippen LogP contribution in [0, 0.1) is 52.3 Å². The van der Waals surface area contributed by atoms with Gasteiger partial charge in [-0.25, -0.2) is 0 Å². The molecule has 0 amide bonds. The minimum absolute atomic E-state index is 0.0305. The van der Waals surface area contributed by atoms with Crippen molar-refractivity contribution in [2.45, 2.75) is 132 Å². The zero-order valence-electron chi connectivity index (χ0n) is 25.0. The molecule has 210 valence electrons. The average Bonchev–Trinajstić information content (AvgIpc) is 3.16. The Morgan fingerprint density at radius 3 is 2.35 bits per heavy atom. The Hall–Kier alpha value is -1.32. The number of hydrogen-bond acceptors (Lipinski definition) is 4. The number of esters is 2. The predicted octanol–water partition coefficient (Wildman–Crippen LogP) is 8.14. The first-order chi connectivity index (χ1) is 17.4. The summed E-state index contributed by atoms with van der Waals surface area (Å²) in [6.45, 7) is 17.5. The van der Waals surface area contributed by atoms with E-state index in [1.54, 1.807) is 12.5 Å². The number of allylic oxidation sites excluding steroid dienone is 1. The molecule has 3 fully saturated rings. The molecule has 0 bridgehead atoms. The van der Waals surface area contributed by atoms with Gasteiger partial charge in [0.15, 0.2) is 0 Å². The second-order valence-corrected chi connectivity index (χ2v) is 14.1. The second kappa shape index (κ2) is 11.0. The average molecular weight is 515 g/mol. The van der Waals surface area contributed by atoms with Crippen LogP contribution in [-0.4, -0.2) is 24.1 Å². The fraction of sp³-hybridized carbons (Fsp3) is 0.879. The smallest absolute Gasteiger partial charge is 0.302 e. The van der Waals surface area contributed by atoms with Crippen LogP contribution < -0.4 is 0 Å². The number of carbonyl (C=O) groups is 2. The first-order valence-electron chi connectivity index (χ1n) is 15.4. The van der Waals surface area contributed by atoms with Crippen LogP contribution >= 0.6 is 0 Å². The maximum atomic E-state index is 12.0. The molecule has 4 aliphatic carbocycles. The third-order valence-electron chi connectivity index (χ3n) is 11.9. The summed E-state index contributed by atoms with van der Waals surface area (Å²) in [4.78, 5) is 23.6. The highest BCUT2D eigenvalue weighted by atomic mass is 16.5. The number of hydrogen-bond donors (Lipinski definition) is 0. The number of fused-ring (bicyclic) bond motifs is 5. The zero-order chi connectivity index (χ0) is 27.1. The van der Waals surface area contributed by atoms with Crippen molar-refractivity contribution < 1.29 is 19.1 Å². The molecular weight excluding hydrogens is 460 g/mol. The van der Waals surface area contributed by atoms with Crippen molar-refractivity contribution in [3.63, 3.8) is 0 Å². The zero-order valence-corrected chi connectivity index (χ0v) is 25.0. The van der Waals surface area contributed by atoms with Crippen LogP contribution in [0.2, 0.25) is 0 Å². The van der Waals surface area contributed by atoms with Crippen molar-refractivity contribution in [2.75, 3.05) is 0 Å². The van der Waals surface area contributed by atoms with E-state index in [1.165, 1.54) is 39.0 Å². The lowest BCUT2D eigenvalue weighted by molar-refractivity contribution is -0.152. The highest BCUT2D eigenvalue weighted by Crippen LogP contribution is 2.67. The predicted molar refractivity (Wildman–Crippen MR) is 149 cm³/mol. The molecule has 3 saturated carbocycles. The third kappa shape index (κ3) is 5.42. The molecule has 0 spiro atoms. The third-order valence-corrected chi connectivity index (χ3v) is 11.9. The Morgan fingerprint density at radius 2 is 1.73 bits per heavy atom. The first-order valence-corrected chi connectivity index (χ1v) is 15.4. The van der Waals surface area contributed by atoms with Crippen LogP contribution in [0.3, 0.4) is 0 Å². The topological polar surface area (TPSA) is 52.6 Å². The molecule has 0 aliphatic heterocycles. The van der Waals surface area contributed by atoms with Crippen molar-refractivity contribution >= 4 is 11.9 Å². The SMILES string of the molecule is CCC(C(C)C)C(CC(C)C1CCC2C3CC=C4C[C@@H](OC(C)=O)CCC4(C)C3CCC12C)OC(C)=O. The second-order valence-electron chi connectivity index (χ2n) is 14.1. The normalized spacial score (nSPS) is 39.5. The molecule has 4 rings (SSSR count). The van der Waals surface area contributed by atoms with E-state index in [0.29, 0.717) is 29.1 Å². The molecule has 37 heavy (non-hydrogen) atoms. The highest BCUT2D eigenvalue weighted by molar-refractivity contribution is 5.66. The summed E-state index contributed by atoms with van der Waals surface area (Å²) < 4.78 is 11.6. The fourth-order valence-electron chi connectivity index (χ4n) is 10.2. The lowest BCUT2D eigenvalue weighted by atomic mass is 9.47. The van der Waals surface area contributed by atoms with Gasteiger partial charge in [-0.3, -0.25) is 9.59 Å². The van der Waals surface area contributed by atoms with E-state index < -0.39 is 0 Å². The lowest BCUT2D eigenvalue weighted by Crippen LogP contribution is -2.51. The van der Waals surface area contributed by atoms with Crippen molar-refractivity contribution in [1.82, 2.24) is 0 Å². The Kier molecular flexibility index (Phi) is 8.56. The summed E-state index contributed by atoms with van der Waals surface area (Å²) in [6.07, 6.45) is 14.3. The molecule has 4 nitrogen and oxygen atoms in total. The molecular formula is C33H54O4. The van der Waals surface area contributed by atoms with Crippen molar-refractivity contribution in [3.8, 4) is 0 Å². The Balaban J connectivity index is 1.49. The summed E-state index contributed by atoms with van der Waals surface area (Å²) in [7, 11) is 0. The van der Waals surface area contributed by atoms with Gasteiger partial charge in [-0.1, -0.05) is 53.2 Å². The van der Waals surface area contributed by atoms with E-state index in [4.69, 9.17) is 9.47 Å². The summed E-state index contributed by atoms with van der Waals surface area (Å²) >= 11 is 0. The van der Waals surface area contributed by atoms with Crippen LogP contribution in [0.1, 0.15) is 120 Å². The largest absolute Gasteiger partial charge is 0.462 e. The minimum atomic E-state index is -0.142. The van der Waals surface area contributed by atoms with E-state index in [0.717, 1.165) is 49.9 Å². The Bertz CT molecular complexity index is 876. The summed E-state index contributed by atoms with van der Waals surface area (Å²) in [5.41, 5.74) is 2.23. The number of rotatable bonds is 8. The summed E-state index contributed by atoms with van der Waals surface area (Å²) in [5.74, 6) is 4.27. The van der Waals surface area contributed by atoms with Gasteiger partial charge in [0, 0.05) is 20.3 Å². The van der Waals surface area contributed by atoms with Crippen LogP contribution in [0.5, 0.6) is 0 Å². The van der Waals surface area contributed by atoms with E-state index >= 15 is 0 Å². The van der Waals surface area contributed by atoms with E-state index in [1.807, 2.05) is 0 Å². The fourth-order valence-corrected chi connectivity index (χ4v) is 10.2. The molecule has 0 radical (unpaired) electrons. The molecule has 4 heteroatoms. The molecule has 10 atom stereocenters. The van der Waals surface area contributed by atoms with Gasteiger partial charge < -0.3 is 9.47 Å². The monoisotopic (exact) mass is 514 g/mol. The van der Waals surface area contributed by atoms with Crippen LogP contribution in [0.25, 0.3) is 0 Å². The summed E-state index contributed by atoms with van der Waals surface area (Å²) in [5, 5.41) is 0. The minimum Gasteiger partial charge on any atom is -0.462 e. The summed E-state index contributed by atoms with van der Waals surface area (Å²) in [6, 6.07) is 0. The van der Waals surface area contributed by atoms with Gasteiger partial charge in [-0.2, -0.15) is 0 Å². The van der Waals surface area contributed by atoms with Crippen molar-refractivity contribution in [3.05, 3.63) is 11.6 Å². The maximum Gasteiger partial charge on any atom is 0.302 e. The van der Waals surface area contributed by atoms with Crippen molar-refractivity contribution in [1.29, 1.82) is 0 Å². The molecule has 0 aromatic heterocycles. The van der Waals surface area contributed by atoms with E-state index in [2.05, 4.69) is 47.6 Å². The van der Waals surface area contributed by atoms with E-state index in [-0.39, 0.29) is 29.6 Å². The van der Waals surface area contributed by atoms with Gasteiger partial charge >= 0.3 is 11.9 Å². The molecule has 0 N–H and O–H groups in total. The first kappa shape index (κ1) is 28.7. The van der Waals surface area contributed by atoms with Crippen LogP contribution in [0.15, 0.2) is 11.6 Å². The number of carbonyl (C=O) groups excluding carboxylic acids is 2. The standard InChI is InChI=1S/C33H54O4/c1-9-26(20(2)3)31(37-23(6)35)18-21(4)28-12-13-29-27-11-10-24-19-25(36-22(5)34)14-16-32(24,7)30(27)15-17-33(28,29)8/h10,20-21,25-31H,9,11-19H2,1-8H3/t21?,25-,26?,27?,28?,29?,30?,31?,32?,33?/m0/s1. The lowest BCUT2D eigenvalue weighted by Gasteiger charge is -2.58.